The van der Waals surface area contributed by atoms with Crippen LogP contribution in [0, 0.1) is 17.8 Å². The van der Waals surface area contributed by atoms with E-state index in [4.69, 9.17) is 4.74 Å². The standard InChI is InChI=1S/C17H26NO2.HI/c1-12(2)14-9-8-13(3)11-16(14)20-17(19)15-7-5-6-10-18(15)4;/h5-7,10,12-14,16H,8-9,11H2,1-4H3;1H/q+1;/p-1. The molecule has 1 saturated carbocycles. The van der Waals surface area contributed by atoms with Gasteiger partial charge < -0.3 is 28.7 Å². The van der Waals surface area contributed by atoms with Crippen molar-refractivity contribution in [3.05, 3.63) is 30.1 Å². The normalized spacial score (nSPS) is 25.3. The minimum absolute atomic E-state index is 0. The summed E-state index contributed by atoms with van der Waals surface area (Å²) in [5, 5.41) is 0. The Morgan fingerprint density at radius 1 is 1.33 bits per heavy atom. The number of hydrogen-bond donors (Lipinski definition) is 0. The number of aromatic nitrogens is 1. The fraction of sp³-hybridized carbons (Fsp3) is 0.647. The Balaban J connectivity index is 0.00000220. The summed E-state index contributed by atoms with van der Waals surface area (Å²) in [5.41, 5.74) is 0.619. The Morgan fingerprint density at radius 2 is 2.05 bits per heavy atom. The Morgan fingerprint density at radius 3 is 2.67 bits per heavy atom. The summed E-state index contributed by atoms with van der Waals surface area (Å²) in [6.45, 7) is 6.70. The van der Waals surface area contributed by atoms with Crippen molar-refractivity contribution in [2.75, 3.05) is 0 Å². The molecule has 2 rings (SSSR count). The van der Waals surface area contributed by atoms with Crippen molar-refractivity contribution < 1.29 is 38.1 Å². The molecule has 3 unspecified atom stereocenters. The molecule has 1 heterocycles. The summed E-state index contributed by atoms with van der Waals surface area (Å²) in [7, 11) is 1.88. The summed E-state index contributed by atoms with van der Waals surface area (Å²) in [6.07, 6.45) is 5.34. The number of aryl methyl sites for hydroxylation is 1. The van der Waals surface area contributed by atoms with Crippen molar-refractivity contribution in [1.82, 2.24) is 0 Å². The minimum atomic E-state index is -0.196. The fourth-order valence-electron chi connectivity index (χ4n) is 3.18. The molecule has 3 nitrogen and oxygen atoms in total. The van der Waals surface area contributed by atoms with E-state index >= 15 is 0 Å². The zero-order valence-electron chi connectivity index (χ0n) is 13.4. The molecule has 0 bridgehead atoms. The summed E-state index contributed by atoms with van der Waals surface area (Å²) >= 11 is 0. The molecule has 3 atom stereocenters. The van der Waals surface area contributed by atoms with Gasteiger partial charge in [0.2, 0.25) is 0 Å². The molecule has 1 fully saturated rings. The number of esters is 1. The molecule has 0 amide bonds. The molecular formula is C17H26INO2. The van der Waals surface area contributed by atoms with E-state index in [2.05, 4.69) is 20.8 Å². The van der Waals surface area contributed by atoms with Crippen LogP contribution in [0.25, 0.3) is 0 Å². The van der Waals surface area contributed by atoms with E-state index in [-0.39, 0.29) is 36.0 Å². The van der Waals surface area contributed by atoms with E-state index in [0.29, 0.717) is 23.4 Å². The van der Waals surface area contributed by atoms with Crippen LogP contribution in [-0.4, -0.2) is 12.1 Å². The first-order valence-corrected chi connectivity index (χ1v) is 7.64. The van der Waals surface area contributed by atoms with Gasteiger partial charge in [0.05, 0.1) is 0 Å². The smallest absolute Gasteiger partial charge is 0.403 e. The molecule has 1 aromatic rings. The number of rotatable bonds is 3. The lowest BCUT2D eigenvalue weighted by molar-refractivity contribution is -0.674. The van der Waals surface area contributed by atoms with Gasteiger partial charge in [-0.05, 0) is 36.7 Å². The maximum Gasteiger partial charge on any atom is 0.403 e. The Labute approximate surface area is 145 Å². The van der Waals surface area contributed by atoms with E-state index < -0.39 is 0 Å². The van der Waals surface area contributed by atoms with Crippen LogP contribution in [0.3, 0.4) is 0 Å². The topological polar surface area (TPSA) is 30.2 Å². The fourth-order valence-corrected chi connectivity index (χ4v) is 3.18. The van der Waals surface area contributed by atoms with Gasteiger partial charge in [-0.25, -0.2) is 4.79 Å². The lowest BCUT2D eigenvalue weighted by Gasteiger charge is -2.36. The van der Waals surface area contributed by atoms with Crippen LogP contribution in [0.2, 0.25) is 0 Å². The maximum absolute atomic E-state index is 12.4. The average Bonchev–Trinajstić information content (AvgIpc) is 2.38. The van der Waals surface area contributed by atoms with Gasteiger partial charge in [-0.15, -0.1) is 0 Å². The van der Waals surface area contributed by atoms with Crippen molar-refractivity contribution in [1.29, 1.82) is 0 Å². The number of hydrogen-bond acceptors (Lipinski definition) is 2. The van der Waals surface area contributed by atoms with Crippen LogP contribution in [-0.2, 0) is 11.8 Å². The number of halogens is 1. The summed E-state index contributed by atoms with van der Waals surface area (Å²) in [5.74, 6) is 1.50. The van der Waals surface area contributed by atoms with Gasteiger partial charge in [0.15, 0.2) is 6.20 Å². The first-order chi connectivity index (χ1) is 9.49. The minimum Gasteiger partial charge on any atom is -1.00 e. The van der Waals surface area contributed by atoms with Gasteiger partial charge in [0.1, 0.15) is 13.2 Å². The molecule has 0 saturated heterocycles. The molecule has 0 N–H and O–H groups in total. The summed E-state index contributed by atoms with van der Waals surface area (Å²) in [4.78, 5) is 12.4. The average molecular weight is 403 g/mol. The van der Waals surface area contributed by atoms with Crippen LogP contribution < -0.4 is 28.5 Å². The van der Waals surface area contributed by atoms with Crippen LogP contribution >= 0.6 is 0 Å². The number of pyridine rings is 1. The third kappa shape index (κ3) is 4.66. The first kappa shape index (κ1) is 18.4. The molecule has 0 radical (unpaired) electrons. The summed E-state index contributed by atoms with van der Waals surface area (Å²) in [6, 6.07) is 5.61. The molecule has 1 aliphatic rings. The highest BCUT2D eigenvalue weighted by molar-refractivity contribution is 5.85. The van der Waals surface area contributed by atoms with Crippen molar-refractivity contribution in [3.8, 4) is 0 Å². The zero-order valence-corrected chi connectivity index (χ0v) is 15.5. The third-order valence-electron chi connectivity index (χ3n) is 4.48. The predicted molar refractivity (Wildman–Crippen MR) is 78.2 cm³/mol. The van der Waals surface area contributed by atoms with Gasteiger partial charge in [-0.3, -0.25) is 0 Å². The largest absolute Gasteiger partial charge is 1.00 e. The quantitative estimate of drug-likeness (QED) is 0.408. The molecule has 0 aliphatic heterocycles. The molecule has 1 aromatic heterocycles. The zero-order chi connectivity index (χ0) is 14.7. The van der Waals surface area contributed by atoms with Crippen LogP contribution in [0.15, 0.2) is 24.4 Å². The van der Waals surface area contributed by atoms with Gasteiger partial charge in [0, 0.05) is 12.1 Å². The second-order valence-electron chi connectivity index (χ2n) is 6.47. The molecule has 21 heavy (non-hydrogen) atoms. The molecule has 4 heteroatoms. The van der Waals surface area contributed by atoms with Crippen LogP contribution in [0.5, 0.6) is 0 Å². The maximum atomic E-state index is 12.4. The number of carbonyl (C=O) groups is 1. The second kappa shape index (κ2) is 8.11. The Kier molecular flexibility index (Phi) is 7.10. The van der Waals surface area contributed by atoms with E-state index in [1.54, 1.807) is 0 Å². The number of ether oxygens (including phenoxy) is 1. The van der Waals surface area contributed by atoms with Crippen molar-refractivity contribution in [3.63, 3.8) is 0 Å². The van der Waals surface area contributed by atoms with Crippen LogP contribution in [0.4, 0.5) is 0 Å². The lowest BCUT2D eigenvalue weighted by atomic mass is 9.75. The second-order valence-corrected chi connectivity index (χ2v) is 6.47. The van der Waals surface area contributed by atoms with Gasteiger partial charge in [-0.2, -0.15) is 4.57 Å². The van der Waals surface area contributed by atoms with Crippen molar-refractivity contribution in [2.24, 2.45) is 24.8 Å². The third-order valence-corrected chi connectivity index (χ3v) is 4.48. The van der Waals surface area contributed by atoms with E-state index in [0.717, 1.165) is 12.8 Å². The Bertz CT molecular complexity index is 476. The van der Waals surface area contributed by atoms with E-state index in [9.17, 15) is 4.79 Å². The number of carbonyl (C=O) groups excluding carboxylic acids is 1. The van der Waals surface area contributed by atoms with E-state index in [1.807, 2.05) is 36.0 Å². The van der Waals surface area contributed by atoms with Gasteiger partial charge in [0.25, 0.3) is 5.69 Å². The summed E-state index contributed by atoms with van der Waals surface area (Å²) < 4.78 is 7.66. The highest BCUT2D eigenvalue weighted by Crippen LogP contribution is 2.35. The number of nitrogens with zero attached hydrogens (tertiary/aromatic N) is 1. The monoisotopic (exact) mass is 403 g/mol. The molecule has 0 spiro atoms. The lowest BCUT2D eigenvalue weighted by Crippen LogP contribution is -3.00. The van der Waals surface area contributed by atoms with Crippen molar-refractivity contribution >= 4 is 5.97 Å². The van der Waals surface area contributed by atoms with Gasteiger partial charge >= 0.3 is 5.97 Å². The van der Waals surface area contributed by atoms with E-state index in [1.165, 1.54) is 6.42 Å². The van der Waals surface area contributed by atoms with Crippen LogP contribution in [0.1, 0.15) is 50.5 Å². The SMILES string of the molecule is CC1CCC(C(C)C)C(OC(=O)c2cccc[n+]2C)C1.[I-]. The highest BCUT2D eigenvalue weighted by Gasteiger charge is 2.34. The first-order valence-electron chi connectivity index (χ1n) is 7.64. The Hall–Kier alpha value is -0.650. The predicted octanol–water partition coefficient (Wildman–Crippen LogP) is 0.133. The molecule has 118 valence electrons. The van der Waals surface area contributed by atoms with Gasteiger partial charge in [-0.1, -0.05) is 27.2 Å². The molecule has 0 aromatic carbocycles. The molecular weight excluding hydrogens is 377 g/mol. The highest BCUT2D eigenvalue weighted by atomic mass is 127. The molecule has 1 aliphatic carbocycles. The van der Waals surface area contributed by atoms with Crippen molar-refractivity contribution in [2.45, 2.75) is 46.1 Å².